The summed E-state index contributed by atoms with van der Waals surface area (Å²) in [5, 5.41) is 16.5. The van der Waals surface area contributed by atoms with E-state index in [9.17, 15) is 9.59 Å². The van der Waals surface area contributed by atoms with Crippen molar-refractivity contribution in [3.05, 3.63) is 58.9 Å². The fourth-order valence-corrected chi connectivity index (χ4v) is 2.40. The normalized spacial score (nSPS) is 13.3. The lowest BCUT2D eigenvalue weighted by Crippen LogP contribution is -2.37. The van der Waals surface area contributed by atoms with Gasteiger partial charge in [0.25, 0.3) is 0 Å². The van der Waals surface area contributed by atoms with Crippen LogP contribution in [0, 0.1) is 0 Å². The molecule has 1 aliphatic rings. The maximum atomic E-state index is 12.2. The molecule has 7 heteroatoms. The van der Waals surface area contributed by atoms with E-state index in [1.807, 2.05) is 30.3 Å². The number of benzene rings is 1. The van der Waals surface area contributed by atoms with E-state index >= 15 is 0 Å². The summed E-state index contributed by atoms with van der Waals surface area (Å²) in [6.45, 7) is 0.957. The molecule has 0 unspecified atom stereocenters. The fourth-order valence-electron chi connectivity index (χ4n) is 2.40. The summed E-state index contributed by atoms with van der Waals surface area (Å²) in [6.07, 6.45) is 0.107. The molecule has 0 saturated heterocycles. The Kier molecular flexibility index (Phi) is 4.18. The van der Waals surface area contributed by atoms with Crippen molar-refractivity contribution in [1.29, 1.82) is 0 Å². The number of carboxylic acids is 1. The van der Waals surface area contributed by atoms with Crippen LogP contribution in [0.3, 0.4) is 0 Å². The molecule has 2 aromatic rings. The van der Waals surface area contributed by atoms with Gasteiger partial charge in [-0.1, -0.05) is 30.3 Å². The molecule has 0 bridgehead atoms. The second-order valence-electron chi connectivity index (χ2n) is 5.22. The van der Waals surface area contributed by atoms with E-state index in [-0.39, 0.29) is 18.8 Å². The summed E-state index contributed by atoms with van der Waals surface area (Å²) in [5.74, 6) is -1.14. The van der Waals surface area contributed by atoms with Crippen LogP contribution in [0.15, 0.2) is 36.4 Å². The Morgan fingerprint density at radius 2 is 2.00 bits per heavy atom. The van der Waals surface area contributed by atoms with Crippen LogP contribution in [-0.2, 0) is 24.3 Å². The summed E-state index contributed by atoms with van der Waals surface area (Å²) < 4.78 is 5.29. The molecule has 0 saturated carbocycles. The third kappa shape index (κ3) is 3.45. The van der Waals surface area contributed by atoms with Gasteiger partial charge in [-0.15, -0.1) is 5.10 Å². The third-order valence-corrected chi connectivity index (χ3v) is 3.62. The minimum absolute atomic E-state index is 0.122. The molecule has 2 heterocycles. The summed E-state index contributed by atoms with van der Waals surface area (Å²) in [7, 11) is 0. The lowest BCUT2D eigenvalue weighted by atomic mass is 10.1. The van der Waals surface area contributed by atoms with Crippen LogP contribution in [0.4, 0.5) is 4.79 Å². The highest BCUT2D eigenvalue weighted by Gasteiger charge is 2.24. The summed E-state index contributed by atoms with van der Waals surface area (Å²) in [6, 6.07) is 10.9. The molecule has 1 aliphatic heterocycles. The van der Waals surface area contributed by atoms with Gasteiger partial charge in [0, 0.05) is 13.0 Å². The Morgan fingerprint density at radius 1 is 1.22 bits per heavy atom. The quantitative estimate of drug-likeness (QED) is 0.930. The number of carbonyl (C=O) groups is 2. The van der Waals surface area contributed by atoms with Crippen molar-refractivity contribution in [2.24, 2.45) is 0 Å². The number of hydrogen-bond acceptors (Lipinski definition) is 5. The van der Waals surface area contributed by atoms with Gasteiger partial charge >= 0.3 is 12.1 Å². The Labute approximate surface area is 132 Å². The van der Waals surface area contributed by atoms with Crippen LogP contribution < -0.4 is 0 Å². The van der Waals surface area contributed by atoms with Gasteiger partial charge in [0.2, 0.25) is 0 Å². The van der Waals surface area contributed by atoms with Gasteiger partial charge in [0.15, 0.2) is 5.69 Å². The van der Waals surface area contributed by atoms with E-state index < -0.39 is 12.1 Å². The molecule has 0 atom stereocenters. The van der Waals surface area contributed by atoms with E-state index in [1.165, 1.54) is 6.07 Å². The Balaban J connectivity index is 1.65. The van der Waals surface area contributed by atoms with E-state index in [4.69, 9.17) is 9.84 Å². The third-order valence-electron chi connectivity index (χ3n) is 3.62. The molecule has 1 N–H and O–H groups in total. The number of aromatic carboxylic acids is 1. The van der Waals surface area contributed by atoms with Crippen LogP contribution in [0.25, 0.3) is 0 Å². The Bertz CT molecular complexity index is 733. The maximum absolute atomic E-state index is 12.2. The van der Waals surface area contributed by atoms with Crippen LogP contribution >= 0.6 is 0 Å². The minimum atomic E-state index is -1.14. The van der Waals surface area contributed by atoms with Crippen molar-refractivity contribution in [2.45, 2.75) is 19.6 Å². The van der Waals surface area contributed by atoms with Crippen molar-refractivity contribution in [3.8, 4) is 0 Å². The Morgan fingerprint density at radius 3 is 2.74 bits per heavy atom. The van der Waals surface area contributed by atoms with E-state index in [0.29, 0.717) is 18.5 Å². The van der Waals surface area contributed by atoms with Crippen LogP contribution in [0.2, 0.25) is 0 Å². The molecule has 0 radical (unpaired) electrons. The number of hydrogen-bond donors (Lipinski definition) is 1. The first-order valence-corrected chi connectivity index (χ1v) is 7.18. The largest absolute Gasteiger partial charge is 0.476 e. The first-order valence-electron chi connectivity index (χ1n) is 7.18. The number of rotatable bonds is 3. The van der Waals surface area contributed by atoms with E-state index in [0.717, 1.165) is 11.3 Å². The van der Waals surface area contributed by atoms with Gasteiger partial charge in [-0.05, 0) is 17.2 Å². The second-order valence-corrected chi connectivity index (χ2v) is 5.22. The predicted octanol–water partition coefficient (Wildman–Crippen LogP) is 1.87. The average Bonchev–Trinajstić information content (AvgIpc) is 2.59. The summed E-state index contributed by atoms with van der Waals surface area (Å²) in [5.41, 5.74) is 2.21. The number of aromatic nitrogens is 2. The number of fused-ring (bicyclic) bond motifs is 1. The van der Waals surface area contributed by atoms with Crippen LogP contribution in [0.1, 0.15) is 27.3 Å². The fraction of sp³-hybridized carbons (Fsp3) is 0.250. The van der Waals surface area contributed by atoms with Gasteiger partial charge in [0.05, 0.1) is 12.2 Å². The van der Waals surface area contributed by atoms with Gasteiger partial charge in [-0.2, -0.15) is 5.10 Å². The number of carbonyl (C=O) groups excluding carboxylic acids is 1. The molecular weight excluding hydrogens is 298 g/mol. The van der Waals surface area contributed by atoms with Gasteiger partial charge in [-0.25, -0.2) is 9.59 Å². The zero-order chi connectivity index (χ0) is 16.2. The molecular formula is C16H15N3O4. The summed E-state index contributed by atoms with van der Waals surface area (Å²) in [4.78, 5) is 24.6. The highest BCUT2D eigenvalue weighted by Crippen LogP contribution is 2.18. The van der Waals surface area contributed by atoms with Crippen molar-refractivity contribution in [2.75, 3.05) is 6.54 Å². The molecule has 7 nitrogen and oxygen atoms in total. The first-order chi connectivity index (χ1) is 11.1. The maximum Gasteiger partial charge on any atom is 0.410 e. The lowest BCUT2D eigenvalue weighted by Gasteiger charge is -2.27. The van der Waals surface area contributed by atoms with Gasteiger partial charge < -0.3 is 14.7 Å². The van der Waals surface area contributed by atoms with Crippen molar-refractivity contribution >= 4 is 12.1 Å². The number of carboxylic acid groups (broad SMARTS) is 1. The molecule has 0 aliphatic carbocycles. The van der Waals surface area contributed by atoms with E-state index in [2.05, 4.69) is 10.2 Å². The lowest BCUT2D eigenvalue weighted by molar-refractivity contribution is 0.0688. The average molecular weight is 313 g/mol. The van der Waals surface area contributed by atoms with Crippen molar-refractivity contribution < 1.29 is 19.4 Å². The van der Waals surface area contributed by atoms with Crippen LogP contribution in [0.5, 0.6) is 0 Å². The van der Waals surface area contributed by atoms with E-state index in [1.54, 1.807) is 4.90 Å². The molecule has 3 rings (SSSR count). The smallest absolute Gasteiger partial charge is 0.410 e. The number of nitrogens with zero attached hydrogens (tertiary/aromatic N) is 3. The van der Waals surface area contributed by atoms with Crippen molar-refractivity contribution in [3.63, 3.8) is 0 Å². The topological polar surface area (TPSA) is 92.6 Å². The van der Waals surface area contributed by atoms with Gasteiger partial charge in [-0.3, -0.25) is 0 Å². The molecule has 0 fully saturated rings. The first kappa shape index (κ1) is 15.0. The highest BCUT2D eigenvalue weighted by molar-refractivity contribution is 5.85. The Hall–Kier alpha value is -2.96. The molecule has 1 amide bonds. The van der Waals surface area contributed by atoms with Crippen LogP contribution in [-0.4, -0.2) is 38.8 Å². The monoisotopic (exact) mass is 313 g/mol. The second kappa shape index (κ2) is 6.43. The molecule has 1 aromatic carbocycles. The SMILES string of the molecule is O=C(O)c1cc2c(nn1)CCN(C(=O)OCc1ccccc1)C2. The minimum Gasteiger partial charge on any atom is -0.476 e. The molecule has 1 aromatic heterocycles. The number of amides is 1. The molecule has 23 heavy (non-hydrogen) atoms. The zero-order valence-electron chi connectivity index (χ0n) is 12.3. The highest BCUT2D eigenvalue weighted by atomic mass is 16.6. The summed E-state index contributed by atoms with van der Waals surface area (Å²) >= 11 is 0. The zero-order valence-corrected chi connectivity index (χ0v) is 12.3. The standard InChI is InChI=1S/C16H15N3O4/c20-15(21)14-8-12-9-19(7-6-13(12)17-18-14)16(22)23-10-11-4-2-1-3-5-11/h1-5,8H,6-7,9-10H2,(H,20,21). The molecule has 118 valence electrons. The van der Waals surface area contributed by atoms with Crippen molar-refractivity contribution in [1.82, 2.24) is 15.1 Å². The predicted molar refractivity (Wildman–Crippen MR) is 79.7 cm³/mol. The number of ether oxygens (including phenoxy) is 1. The van der Waals surface area contributed by atoms with Gasteiger partial charge in [0.1, 0.15) is 6.61 Å². The molecule has 0 spiro atoms.